The molecule has 11 heavy (non-hydrogen) atoms. The van der Waals surface area contributed by atoms with Crippen molar-refractivity contribution in [1.29, 1.82) is 0 Å². The molecule has 0 radical (unpaired) electrons. The van der Waals surface area contributed by atoms with Crippen molar-refractivity contribution in [3.05, 3.63) is 0 Å². The van der Waals surface area contributed by atoms with Gasteiger partial charge in [-0.05, 0) is 26.3 Å². The summed E-state index contributed by atoms with van der Waals surface area (Å²) in [5.41, 5.74) is 11.0. The summed E-state index contributed by atoms with van der Waals surface area (Å²) in [5.74, 6) is 0. The molecule has 0 amide bonds. The average Bonchev–Trinajstić information content (AvgIpc) is 2.26. The Morgan fingerprint density at radius 2 is 2.36 bits per heavy atom. The van der Waals surface area contributed by atoms with Crippen LogP contribution in [-0.4, -0.2) is 23.0 Å². The van der Waals surface area contributed by atoms with Gasteiger partial charge in [0.25, 0.3) is 0 Å². The zero-order valence-electron chi connectivity index (χ0n) is 6.79. The molecule has 1 heterocycles. The second kappa shape index (κ2) is 3.97. The molecule has 0 aromatic carbocycles. The number of hydrogen-bond acceptors (Lipinski definition) is 4. The first-order valence-corrected chi connectivity index (χ1v) is 4.82. The van der Waals surface area contributed by atoms with Crippen molar-refractivity contribution < 1.29 is 0 Å². The summed E-state index contributed by atoms with van der Waals surface area (Å²) in [6, 6.07) is 0.381. The lowest BCUT2D eigenvalue weighted by Gasteiger charge is -2.10. The number of nitrogens with two attached hydrogens (primary N) is 2. The minimum atomic E-state index is 0.381. The van der Waals surface area contributed by atoms with E-state index in [1.807, 2.05) is 0 Å². The molecule has 0 spiro atoms. The molecule has 1 rings (SSSR count). The lowest BCUT2D eigenvalue weighted by molar-refractivity contribution is 0.630. The molecule has 3 nitrogen and oxygen atoms in total. The van der Waals surface area contributed by atoms with E-state index in [-0.39, 0.29) is 0 Å². The maximum absolute atomic E-state index is 5.57. The SMILES string of the molecule is CC1N=C(N)SC1CCCN. The maximum Gasteiger partial charge on any atom is 0.154 e. The largest absolute Gasteiger partial charge is 0.379 e. The van der Waals surface area contributed by atoms with Gasteiger partial charge in [-0.15, -0.1) is 0 Å². The number of nitrogens with zero attached hydrogens (tertiary/aromatic N) is 1. The predicted molar refractivity (Wildman–Crippen MR) is 50.8 cm³/mol. The number of thioether (sulfide) groups is 1. The Morgan fingerprint density at radius 1 is 1.64 bits per heavy atom. The van der Waals surface area contributed by atoms with Gasteiger partial charge in [0.05, 0.1) is 6.04 Å². The Bertz CT molecular complexity index is 158. The highest BCUT2D eigenvalue weighted by atomic mass is 32.2. The fourth-order valence-corrected chi connectivity index (χ4v) is 2.27. The monoisotopic (exact) mass is 173 g/mol. The van der Waals surface area contributed by atoms with Gasteiger partial charge in [0, 0.05) is 5.25 Å². The van der Waals surface area contributed by atoms with E-state index in [0.717, 1.165) is 24.6 Å². The fraction of sp³-hybridized carbons (Fsp3) is 0.857. The molecule has 2 unspecified atom stereocenters. The second-order valence-electron chi connectivity index (χ2n) is 2.80. The predicted octanol–water partition coefficient (Wildman–Crippen LogP) is 0.544. The molecule has 0 aromatic rings. The Balaban J connectivity index is 2.28. The molecule has 0 fully saturated rings. The molecular formula is C7H15N3S. The fourth-order valence-electron chi connectivity index (χ4n) is 1.19. The van der Waals surface area contributed by atoms with E-state index in [9.17, 15) is 0 Å². The van der Waals surface area contributed by atoms with Gasteiger partial charge in [-0.1, -0.05) is 11.8 Å². The van der Waals surface area contributed by atoms with Crippen molar-refractivity contribution in [2.24, 2.45) is 16.5 Å². The van der Waals surface area contributed by atoms with Crippen molar-refractivity contribution in [2.45, 2.75) is 31.1 Å². The molecule has 2 atom stereocenters. The van der Waals surface area contributed by atoms with Crippen LogP contribution in [0.3, 0.4) is 0 Å². The van der Waals surface area contributed by atoms with Crippen molar-refractivity contribution in [3.63, 3.8) is 0 Å². The first kappa shape index (κ1) is 8.87. The zero-order valence-corrected chi connectivity index (χ0v) is 7.60. The third-order valence-electron chi connectivity index (χ3n) is 1.83. The average molecular weight is 173 g/mol. The molecule has 0 saturated carbocycles. The highest BCUT2D eigenvalue weighted by molar-refractivity contribution is 8.14. The summed E-state index contributed by atoms with van der Waals surface area (Å²) in [4.78, 5) is 4.24. The lowest BCUT2D eigenvalue weighted by atomic mass is 10.1. The first-order chi connectivity index (χ1) is 5.24. The molecule has 0 aromatic heterocycles. The van der Waals surface area contributed by atoms with E-state index in [0.29, 0.717) is 11.3 Å². The van der Waals surface area contributed by atoms with E-state index in [2.05, 4.69) is 11.9 Å². The van der Waals surface area contributed by atoms with Crippen LogP contribution in [0.1, 0.15) is 19.8 Å². The highest BCUT2D eigenvalue weighted by Gasteiger charge is 2.24. The number of aliphatic imine (C=N–C) groups is 1. The number of hydrogen-bond donors (Lipinski definition) is 2. The van der Waals surface area contributed by atoms with Gasteiger partial charge >= 0.3 is 0 Å². The van der Waals surface area contributed by atoms with Gasteiger partial charge in [-0.3, -0.25) is 4.99 Å². The Morgan fingerprint density at radius 3 is 2.82 bits per heavy atom. The van der Waals surface area contributed by atoms with Gasteiger partial charge in [-0.25, -0.2) is 0 Å². The third-order valence-corrected chi connectivity index (χ3v) is 3.11. The molecule has 4 N–H and O–H groups in total. The van der Waals surface area contributed by atoms with E-state index < -0.39 is 0 Å². The maximum atomic E-state index is 5.57. The first-order valence-electron chi connectivity index (χ1n) is 3.94. The number of rotatable bonds is 3. The molecular weight excluding hydrogens is 158 g/mol. The standard InChI is InChI=1S/C7H15N3S/c1-5-6(3-2-4-8)11-7(9)10-5/h5-6H,2-4,8H2,1H3,(H2,9,10). The molecule has 1 aliphatic heterocycles. The Labute approximate surface area is 71.6 Å². The van der Waals surface area contributed by atoms with Gasteiger partial charge in [0.2, 0.25) is 0 Å². The van der Waals surface area contributed by atoms with Gasteiger partial charge in [0.15, 0.2) is 5.17 Å². The van der Waals surface area contributed by atoms with Crippen molar-refractivity contribution in [3.8, 4) is 0 Å². The van der Waals surface area contributed by atoms with Crippen LogP contribution < -0.4 is 11.5 Å². The summed E-state index contributed by atoms with van der Waals surface area (Å²) in [5, 5.41) is 1.30. The van der Waals surface area contributed by atoms with E-state index >= 15 is 0 Å². The van der Waals surface area contributed by atoms with E-state index in [1.165, 1.54) is 0 Å². The third kappa shape index (κ3) is 2.38. The minimum Gasteiger partial charge on any atom is -0.379 e. The molecule has 0 saturated heterocycles. The van der Waals surface area contributed by atoms with Crippen molar-refractivity contribution in [2.75, 3.05) is 6.54 Å². The van der Waals surface area contributed by atoms with Crippen LogP contribution in [0.25, 0.3) is 0 Å². The van der Waals surface area contributed by atoms with Gasteiger partial charge in [-0.2, -0.15) is 0 Å². The van der Waals surface area contributed by atoms with Crippen molar-refractivity contribution in [1.82, 2.24) is 0 Å². The van der Waals surface area contributed by atoms with E-state index in [1.54, 1.807) is 11.8 Å². The lowest BCUT2D eigenvalue weighted by Crippen LogP contribution is -2.15. The summed E-state index contributed by atoms with van der Waals surface area (Å²) in [6.07, 6.45) is 2.21. The van der Waals surface area contributed by atoms with Gasteiger partial charge in [0.1, 0.15) is 0 Å². The normalized spacial score (nSPS) is 30.5. The number of amidine groups is 1. The molecule has 0 bridgehead atoms. The quantitative estimate of drug-likeness (QED) is 0.655. The van der Waals surface area contributed by atoms with Crippen LogP contribution in [-0.2, 0) is 0 Å². The summed E-state index contributed by atoms with van der Waals surface area (Å²) >= 11 is 1.69. The van der Waals surface area contributed by atoms with Crippen LogP contribution in [0.2, 0.25) is 0 Å². The van der Waals surface area contributed by atoms with Gasteiger partial charge < -0.3 is 11.5 Å². The summed E-state index contributed by atoms with van der Waals surface area (Å²) in [6.45, 7) is 2.87. The molecule has 1 aliphatic rings. The van der Waals surface area contributed by atoms with Crippen LogP contribution in [0, 0.1) is 0 Å². The van der Waals surface area contributed by atoms with Crippen LogP contribution >= 0.6 is 11.8 Å². The summed E-state index contributed by atoms with van der Waals surface area (Å²) < 4.78 is 0. The van der Waals surface area contributed by atoms with Crippen LogP contribution in [0.15, 0.2) is 4.99 Å². The van der Waals surface area contributed by atoms with E-state index in [4.69, 9.17) is 11.5 Å². The Hall–Kier alpha value is -0.220. The second-order valence-corrected chi connectivity index (χ2v) is 4.05. The Kier molecular flexibility index (Phi) is 3.20. The highest BCUT2D eigenvalue weighted by Crippen LogP contribution is 2.27. The molecule has 0 aliphatic carbocycles. The molecule has 4 heteroatoms. The smallest absolute Gasteiger partial charge is 0.154 e. The van der Waals surface area contributed by atoms with Crippen LogP contribution in [0.5, 0.6) is 0 Å². The van der Waals surface area contributed by atoms with Crippen LogP contribution in [0.4, 0.5) is 0 Å². The van der Waals surface area contributed by atoms with Crippen molar-refractivity contribution >= 4 is 16.9 Å². The summed E-state index contributed by atoms with van der Waals surface area (Å²) in [7, 11) is 0. The minimum absolute atomic E-state index is 0.381. The topological polar surface area (TPSA) is 64.4 Å². The molecule has 64 valence electrons. The zero-order chi connectivity index (χ0) is 8.27.